The lowest BCUT2D eigenvalue weighted by molar-refractivity contribution is -0.121. The average molecular weight is 511 g/mol. The van der Waals surface area contributed by atoms with Gasteiger partial charge in [-0.3, -0.25) is 4.79 Å². The SMILES string of the molecule is CC(C)NC(=O)CCn1c(Sc2cc3c(cc2I)OCO3)nc2cncnc21. The lowest BCUT2D eigenvalue weighted by Crippen LogP contribution is -2.30. The second-order valence-corrected chi connectivity index (χ2v) is 8.66. The quantitative estimate of drug-likeness (QED) is 0.509. The maximum atomic E-state index is 12.1. The Bertz CT molecular complexity index is 1040. The standard InChI is InChI=1S/C18H18IN5O3S/c1-10(2)22-16(25)3-4-24-17-12(7-20-8-21-17)23-18(24)28-15-6-14-13(5-11(15)19)26-9-27-14/h5-8,10H,3-4,9H2,1-2H3,(H,22,25). The summed E-state index contributed by atoms with van der Waals surface area (Å²) in [5, 5.41) is 3.67. The topological polar surface area (TPSA) is 91.2 Å². The minimum atomic E-state index is -0.000448. The number of nitrogens with zero attached hydrogens (tertiary/aromatic N) is 4. The first kappa shape index (κ1) is 19.2. The molecule has 0 spiro atoms. The zero-order valence-corrected chi connectivity index (χ0v) is 18.3. The van der Waals surface area contributed by atoms with Gasteiger partial charge in [-0.05, 0) is 48.6 Å². The van der Waals surface area contributed by atoms with Crippen molar-refractivity contribution >= 4 is 51.4 Å². The Labute approximate surface area is 179 Å². The van der Waals surface area contributed by atoms with Gasteiger partial charge in [-0.15, -0.1) is 0 Å². The summed E-state index contributed by atoms with van der Waals surface area (Å²) >= 11 is 3.78. The minimum absolute atomic E-state index is 0.000448. The van der Waals surface area contributed by atoms with Gasteiger partial charge >= 0.3 is 0 Å². The molecule has 0 atom stereocenters. The number of halogens is 1. The van der Waals surface area contributed by atoms with Gasteiger partial charge in [0.1, 0.15) is 11.8 Å². The molecule has 1 amide bonds. The van der Waals surface area contributed by atoms with Crippen molar-refractivity contribution in [1.82, 2.24) is 24.8 Å². The van der Waals surface area contributed by atoms with E-state index < -0.39 is 0 Å². The van der Waals surface area contributed by atoms with Crippen molar-refractivity contribution in [3.63, 3.8) is 0 Å². The van der Waals surface area contributed by atoms with E-state index in [4.69, 9.17) is 9.47 Å². The molecule has 3 heterocycles. The molecule has 1 N–H and O–H groups in total. The Morgan fingerprint density at radius 2 is 2.14 bits per heavy atom. The molecule has 0 fully saturated rings. The largest absolute Gasteiger partial charge is 0.454 e. The fourth-order valence-electron chi connectivity index (χ4n) is 2.82. The van der Waals surface area contributed by atoms with E-state index >= 15 is 0 Å². The molecule has 8 nitrogen and oxygen atoms in total. The van der Waals surface area contributed by atoms with E-state index in [9.17, 15) is 4.79 Å². The predicted molar refractivity (Wildman–Crippen MR) is 113 cm³/mol. The Balaban J connectivity index is 1.64. The highest BCUT2D eigenvalue weighted by Gasteiger charge is 2.20. The fraction of sp³-hybridized carbons (Fsp3) is 0.333. The maximum absolute atomic E-state index is 12.1. The average Bonchev–Trinajstić information content (AvgIpc) is 3.23. The van der Waals surface area contributed by atoms with Crippen LogP contribution in [0.3, 0.4) is 0 Å². The molecule has 2 aromatic heterocycles. The Kier molecular flexibility index (Phi) is 5.58. The molecule has 1 aliphatic rings. The molecule has 4 rings (SSSR count). The molecular weight excluding hydrogens is 493 g/mol. The van der Waals surface area contributed by atoms with Gasteiger partial charge in [-0.25, -0.2) is 15.0 Å². The van der Waals surface area contributed by atoms with Gasteiger partial charge in [0.2, 0.25) is 12.7 Å². The normalized spacial score (nSPS) is 12.7. The second kappa shape index (κ2) is 8.11. The van der Waals surface area contributed by atoms with E-state index in [1.54, 1.807) is 6.20 Å². The van der Waals surface area contributed by atoms with Gasteiger partial charge in [0.15, 0.2) is 22.3 Å². The van der Waals surface area contributed by atoms with Crippen LogP contribution in [-0.2, 0) is 11.3 Å². The summed E-state index contributed by atoms with van der Waals surface area (Å²) < 4.78 is 13.9. The summed E-state index contributed by atoms with van der Waals surface area (Å²) in [7, 11) is 0. The third-order valence-corrected chi connectivity index (χ3v) is 6.33. The van der Waals surface area contributed by atoms with Gasteiger partial charge in [0.05, 0.1) is 6.20 Å². The molecule has 146 valence electrons. The van der Waals surface area contributed by atoms with E-state index in [2.05, 4.69) is 42.9 Å². The number of ether oxygens (including phenoxy) is 2. The molecule has 0 saturated carbocycles. The molecule has 1 aromatic carbocycles. The third kappa shape index (κ3) is 4.02. The highest BCUT2D eigenvalue weighted by Crippen LogP contribution is 2.41. The summed E-state index contributed by atoms with van der Waals surface area (Å²) in [5.74, 6) is 1.47. The van der Waals surface area contributed by atoms with Crippen LogP contribution in [0.2, 0.25) is 0 Å². The van der Waals surface area contributed by atoms with Crippen LogP contribution in [0.5, 0.6) is 11.5 Å². The summed E-state index contributed by atoms with van der Waals surface area (Å²) in [6, 6.07) is 4.02. The second-order valence-electron chi connectivity index (χ2n) is 6.49. The van der Waals surface area contributed by atoms with E-state index in [0.717, 1.165) is 25.1 Å². The zero-order chi connectivity index (χ0) is 19.7. The molecule has 0 unspecified atom stereocenters. The fourth-order valence-corrected chi connectivity index (χ4v) is 4.54. The van der Waals surface area contributed by atoms with Crippen molar-refractivity contribution in [3.05, 3.63) is 28.2 Å². The Morgan fingerprint density at radius 1 is 1.36 bits per heavy atom. The number of benzene rings is 1. The summed E-state index contributed by atoms with van der Waals surface area (Å²) in [5.41, 5.74) is 1.41. The van der Waals surface area contributed by atoms with E-state index in [1.807, 2.05) is 30.5 Å². The van der Waals surface area contributed by atoms with Gasteiger partial charge in [0.25, 0.3) is 0 Å². The summed E-state index contributed by atoms with van der Waals surface area (Å²) in [6.07, 6.45) is 3.52. The maximum Gasteiger partial charge on any atom is 0.231 e. The minimum Gasteiger partial charge on any atom is -0.454 e. The number of aryl methyl sites for hydroxylation is 1. The number of amides is 1. The van der Waals surface area contributed by atoms with Crippen LogP contribution in [-0.4, -0.2) is 38.3 Å². The first-order valence-electron chi connectivity index (χ1n) is 8.74. The zero-order valence-electron chi connectivity index (χ0n) is 15.3. The lowest BCUT2D eigenvalue weighted by Gasteiger charge is -2.11. The smallest absolute Gasteiger partial charge is 0.231 e. The Morgan fingerprint density at radius 3 is 2.93 bits per heavy atom. The number of hydrogen-bond donors (Lipinski definition) is 1. The number of carbonyl (C=O) groups excluding carboxylic acids is 1. The molecule has 3 aromatic rings. The van der Waals surface area contributed by atoms with Crippen molar-refractivity contribution < 1.29 is 14.3 Å². The highest BCUT2D eigenvalue weighted by molar-refractivity contribution is 14.1. The van der Waals surface area contributed by atoms with Crippen molar-refractivity contribution in [3.8, 4) is 11.5 Å². The van der Waals surface area contributed by atoms with Crippen molar-refractivity contribution in [2.75, 3.05) is 6.79 Å². The van der Waals surface area contributed by atoms with Gasteiger partial charge in [-0.1, -0.05) is 11.8 Å². The molecule has 0 saturated heterocycles. The number of fused-ring (bicyclic) bond motifs is 2. The van der Waals surface area contributed by atoms with Gasteiger partial charge in [0, 0.05) is 27.5 Å². The van der Waals surface area contributed by atoms with Gasteiger partial charge < -0.3 is 19.4 Å². The molecule has 28 heavy (non-hydrogen) atoms. The molecule has 1 aliphatic heterocycles. The van der Waals surface area contributed by atoms with E-state index in [0.29, 0.717) is 24.1 Å². The number of aromatic nitrogens is 4. The number of carbonyl (C=O) groups is 1. The number of imidazole rings is 1. The van der Waals surface area contributed by atoms with E-state index in [1.165, 1.54) is 18.1 Å². The molecular formula is C18H18IN5O3S. The third-order valence-electron chi connectivity index (χ3n) is 4.02. The van der Waals surface area contributed by atoms with Crippen LogP contribution in [0.4, 0.5) is 0 Å². The first-order chi connectivity index (χ1) is 13.5. The van der Waals surface area contributed by atoms with Crippen molar-refractivity contribution in [1.29, 1.82) is 0 Å². The van der Waals surface area contributed by atoms with Gasteiger partial charge in [-0.2, -0.15) is 0 Å². The van der Waals surface area contributed by atoms with Crippen LogP contribution >= 0.6 is 34.4 Å². The number of hydrogen-bond acceptors (Lipinski definition) is 7. The van der Waals surface area contributed by atoms with Crippen LogP contribution < -0.4 is 14.8 Å². The first-order valence-corrected chi connectivity index (χ1v) is 10.6. The molecule has 0 bridgehead atoms. The number of rotatable bonds is 6. The van der Waals surface area contributed by atoms with Crippen LogP contribution in [0.25, 0.3) is 11.2 Å². The molecule has 0 aliphatic carbocycles. The van der Waals surface area contributed by atoms with Crippen LogP contribution in [0.1, 0.15) is 20.3 Å². The van der Waals surface area contributed by atoms with Crippen LogP contribution in [0, 0.1) is 3.57 Å². The number of nitrogens with one attached hydrogen (secondary N) is 1. The van der Waals surface area contributed by atoms with Crippen molar-refractivity contribution in [2.24, 2.45) is 0 Å². The molecule has 0 radical (unpaired) electrons. The monoisotopic (exact) mass is 511 g/mol. The predicted octanol–water partition coefficient (Wildman–Crippen LogP) is 3.23. The lowest BCUT2D eigenvalue weighted by atomic mass is 10.3. The van der Waals surface area contributed by atoms with E-state index in [-0.39, 0.29) is 18.7 Å². The van der Waals surface area contributed by atoms with Crippen molar-refractivity contribution in [2.45, 2.75) is 42.9 Å². The highest BCUT2D eigenvalue weighted by atomic mass is 127. The summed E-state index contributed by atoms with van der Waals surface area (Å²) in [4.78, 5) is 26.2. The molecule has 10 heteroatoms. The Hall–Kier alpha value is -2.08. The summed E-state index contributed by atoms with van der Waals surface area (Å²) in [6.45, 7) is 4.61. The van der Waals surface area contributed by atoms with Crippen LogP contribution in [0.15, 0.2) is 34.7 Å².